The molecule has 0 bridgehead atoms. The van der Waals surface area contributed by atoms with Gasteiger partial charge in [-0.15, -0.1) is 0 Å². The van der Waals surface area contributed by atoms with Gasteiger partial charge in [-0.25, -0.2) is 0 Å². The molecule has 0 spiro atoms. The lowest BCUT2D eigenvalue weighted by Crippen LogP contribution is -2.39. The van der Waals surface area contributed by atoms with Crippen LogP contribution in [0.15, 0.2) is 36.4 Å². The molecular weight excluding hydrogens is 406 g/mol. The molecule has 1 heterocycles. The Hall–Kier alpha value is -2.44. The van der Waals surface area contributed by atoms with Gasteiger partial charge in [-0.1, -0.05) is 23.7 Å². The highest BCUT2D eigenvalue weighted by Gasteiger charge is 2.34. The molecule has 1 fully saturated rings. The van der Waals surface area contributed by atoms with E-state index in [1.54, 1.807) is 14.2 Å². The van der Waals surface area contributed by atoms with Crippen LogP contribution in [0, 0.1) is 5.92 Å². The largest absolute Gasteiger partial charge is 0.494 e. The zero-order chi connectivity index (χ0) is 21.7. The second-order valence-corrected chi connectivity index (χ2v) is 7.69. The molecule has 1 unspecified atom stereocenters. The zero-order valence-corrected chi connectivity index (χ0v) is 18.3. The molecule has 2 aromatic carbocycles. The number of carboxylic acid groups (broad SMARTS) is 1. The predicted molar refractivity (Wildman–Crippen MR) is 116 cm³/mol. The fourth-order valence-electron chi connectivity index (χ4n) is 4.11. The van der Waals surface area contributed by atoms with E-state index in [1.165, 1.54) is 0 Å². The van der Waals surface area contributed by atoms with Crippen LogP contribution in [0.1, 0.15) is 36.9 Å². The van der Waals surface area contributed by atoms with Crippen molar-refractivity contribution in [1.82, 2.24) is 4.90 Å². The van der Waals surface area contributed by atoms with Gasteiger partial charge in [0, 0.05) is 16.1 Å². The summed E-state index contributed by atoms with van der Waals surface area (Å²) in [6.45, 7) is 3.75. The number of rotatable bonds is 8. The first kappa shape index (κ1) is 22.2. The molecule has 3 rings (SSSR count). The standard InChI is InChI=1S/C23H28ClNO5/c1-4-30-19-9-8-16(24)14-18(19)21(25-12-10-15(11-13-25)23(26)27)17-6-5-7-20(28-2)22(17)29-3/h5-9,14-15,21H,4,10-13H2,1-3H3,(H,26,27). The average molecular weight is 434 g/mol. The Balaban J connectivity index is 2.12. The van der Waals surface area contributed by atoms with Gasteiger partial charge in [0.05, 0.1) is 32.8 Å². The van der Waals surface area contributed by atoms with Gasteiger partial charge in [-0.05, 0) is 57.1 Å². The molecular formula is C23H28ClNO5. The number of para-hydroxylation sites is 1. The third-order valence-electron chi connectivity index (χ3n) is 5.54. The quantitative estimate of drug-likeness (QED) is 0.654. The van der Waals surface area contributed by atoms with Crippen molar-refractivity contribution in [2.75, 3.05) is 33.9 Å². The molecule has 2 aromatic rings. The van der Waals surface area contributed by atoms with Crippen LogP contribution >= 0.6 is 11.6 Å². The van der Waals surface area contributed by atoms with Crippen LogP contribution in [0.5, 0.6) is 17.2 Å². The van der Waals surface area contributed by atoms with Gasteiger partial charge in [-0.2, -0.15) is 0 Å². The number of carbonyl (C=O) groups is 1. The first-order valence-electron chi connectivity index (χ1n) is 10.1. The van der Waals surface area contributed by atoms with E-state index in [1.807, 2.05) is 43.3 Å². The number of benzene rings is 2. The smallest absolute Gasteiger partial charge is 0.306 e. The minimum atomic E-state index is -0.733. The number of hydrogen-bond acceptors (Lipinski definition) is 5. The van der Waals surface area contributed by atoms with Crippen LogP contribution < -0.4 is 14.2 Å². The van der Waals surface area contributed by atoms with Crippen molar-refractivity contribution in [2.45, 2.75) is 25.8 Å². The second-order valence-electron chi connectivity index (χ2n) is 7.25. The Bertz CT molecular complexity index is 880. The number of methoxy groups -OCH3 is 2. The molecule has 1 N–H and O–H groups in total. The summed E-state index contributed by atoms with van der Waals surface area (Å²) in [5, 5.41) is 10.0. The van der Waals surface area contributed by atoms with Crippen LogP contribution in [-0.2, 0) is 4.79 Å². The predicted octanol–water partition coefficient (Wildman–Crippen LogP) is 4.64. The molecule has 6 nitrogen and oxygen atoms in total. The lowest BCUT2D eigenvalue weighted by atomic mass is 9.90. The van der Waals surface area contributed by atoms with E-state index in [0.717, 1.165) is 16.9 Å². The molecule has 7 heteroatoms. The maximum absolute atomic E-state index is 11.4. The van der Waals surface area contributed by atoms with Gasteiger partial charge in [-0.3, -0.25) is 9.69 Å². The van der Waals surface area contributed by atoms with E-state index < -0.39 is 5.97 Å². The Morgan fingerprint density at radius 3 is 2.47 bits per heavy atom. The number of piperidine rings is 1. The van der Waals surface area contributed by atoms with Crippen LogP contribution in [0.2, 0.25) is 5.02 Å². The number of nitrogens with zero attached hydrogens (tertiary/aromatic N) is 1. The van der Waals surface area contributed by atoms with Crippen molar-refractivity contribution in [3.63, 3.8) is 0 Å². The van der Waals surface area contributed by atoms with E-state index in [0.29, 0.717) is 49.1 Å². The van der Waals surface area contributed by atoms with Gasteiger partial charge in [0.25, 0.3) is 0 Å². The highest BCUT2D eigenvalue weighted by molar-refractivity contribution is 6.30. The van der Waals surface area contributed by atoms with Crippen LogP contribution in [-0.4, -0.2) is 49.9 Å². The Morgan fingerprint density at radius 1 is 1.13 bits per heavy atom. The molecule has 30 heavy (non-hydrogen) atoms. The summed E-state index contributed by atoms with van der Waals surface area (Å²) < 4.78 is 17.2. The molecule has 0 radical (unpaired) electrons. The number of aliphatic carboxylic acids is 1. The zero-order valence-electron chi connectivity index (χ0n) is 17.6. The number of halogens is 1. The molecule has 162 valence electrons. The van der Waals surface area contributed by atoms with Gasteiger partial charge < -0.3 is 19.3 Å². The summed E-state index contributed by atoms with van der Waals surface area (Å²) in [5.41, 5.74) is 1.85. The highest BCUT2D eigenvalue weighted by Crippen LogP contribution is 2.44. The van der Waals surface area contributed by atoms with Crippen LogP contribution in [0.4, 0.5) is 0 Å². The first-order valence-corrected chi connectivity index (χ1v) is 10.5. The second kappa shape index (κ2) is 10.0. The number of carboxylic acids is 1. The topological polar surface area (TPSA) is 68.2 Å². The maximum atomic E-state index is 11.4. The molecule has 0 saturated carbocycles. The Labute approximate surface area is 182 Å². The highest BCUT2D eigenvalue weighted by atomic mass is 35.5. The lowest BCUT2D eigenvalue weighted by Gasteiger charge is -2.38. The molecule has 1 atom stereocenters. The van der Waals surface area contributed by atoms with Gasteiger partial charge in [0.15, 0.2) is 11.5 Å². The third kappa shape index (κ3) is 4.65. The Morgan fingerprint density at radius 2 is 1.87 bits per heavy atom. The average Bonchev–Trinajstić information content (AvgIpc) is 2.76. The summed E-state index contributed by atoms with van der Waals surface area (Å²) >= 11 is 6.38. The normalized spacial score (nSPS) is 16.1. The van der Waals surface area contributed by atoms with Gasteiger partial charge in [0.1, 0.15) is 5.75 Å². The van der Waals surface area contributed by atoms with Crippen LogP contribution in [0.3, 0.4) is 0 Å². The first-order chi connectivity index (χ1) is 14.5. The van der Waals surface area contributed by atoms with E-state index >= 15 is 0 Å². The minimum absolute atomic E-state index is 0.218. The number of likely N-dealkylation sites (tertiary alicyclic amines) is 1. The summed E-state index contributed by atoms with van der Waals surface area (Å²) in [7, 11) is 3.23. The molecule has 0 amide bonds. The van der Waals surface area contributed by atoms with E-state index in [4.69, 9.17) is 25.8 Å². The molecule has 1 saturated heterocycles. The van der Waals surface area contributed by atoms with E-state index in [9.17, 15) is 9.90 Å². The monoisotopic (exact) mass is 433 g/mol. The van der Waals surface area contributed by atoms with Crippen molar-refractivity contribution in [1.29, 1.82) is 0 Å². The SMILES string of the molecule is CCOc1ccc(Cl)cc1C(c1cccc(OC)c1OC)N1CCC(C(=O)O)CC1. The molecule has 1 aliphatic rings. The lowest BCUT2D eigenvalue weighted by molar-refractivity contribution is -0.143. The van der Waals surface area contributed by atoms with Crippen molar-refractivity contribution in [2.24, 2.45) is 5.92 Å². The van der Waals surface area contributed by atoms with Crippen molar-refractivity contribution >= 4 is 17.6 Å². The van der Waals surface area contributed by atoms with Gasteiger partial charge >= 0.3 is 5.97 Å². The summed E-state index contributed by atoms with van der Waals surface area (Å²) in [5.74, 6) is 0.980. The van der Waals surface area contributed by atoms with Crippen LogP contribution in [0.25, 0.3) is 0 Å². The maximum Gasteiger partial charge on any atom is 0.306 e. The Kier molecular flexibility index (Phi) is 7.45. The molecule has 0 aromatic heterocycles. The van der Waals surface area contributed by atoms with E-state index in [2.05, 4.69) is 4.90 Å². The van der Waals surface area contributed by atoms with Crippen molar-refractivity contribution in [3.8, 4) is 17.2 Å². The fourth-order valence-corrected chi connectivity index (χ4v) is 4.29. The third-order valence-corrected chi connectivity index (χ3v) is 5.77. The van der Waals surface area contributed by atoms with Crippen molar-refractivity contribution < 1.29 is 24.1 Å². The summed E-state index contributed by atoms with van der Waals surface area (Å²) in [4.78, 5) is 13.7. The number of ether oxygens (including phenoxy) is 3. The molecule has 0 aliphatic carbocycles. The van der Waals surface area contributed by atoms with Gasteiger partial charge in [0.2, 0.25) is 0 Å². The fraction of sp³-hybridized carbons (Fsp3) is 0.435. The summed E-state index contributed by atoms with van der Waals surface area (Å²) in [6.07, 6.45) is 1.17. The number of hydrogen-bond donors (Lipinski definition) is 1. The van der Waals surface area contributed by atoms with E-state index in [-0.39, 0.29) is 12.0 Å². The minimum Gasteiger partial charge on any atom is -0.494 e. The summed E-state index contributed by atoms with van der Waals surface area (Å²) in [6, 6.07) is 11.2. The molecule has 1 aliphatic heterocycles. The van der Waals surface area contributed by atoms with Crippen molar-refractivity contribution in [3.05, 3.63) is 52.5 Å².